The highest BCUT2D eigenvalue weighted by Gasteiger charge is 2.18. The zero-order valence-electron chi connectivity index (χ0n) is 8.61. The van der Waals surface area contributed by atoms with E-state index in [1.54, 1.807) is 14.0 Å². The first-order chi connectivity index (χ1) is 6.47. The molecular formula is C8H15N3O2S. The van der Waals surface area contributed by atoms with Crippen molar-refractivity contribution in [2.45, 2.75) is 25.2 Å². The van der Waals surface area contributed by atoms with E-state index >= 15 is 0 Å². The van der Waals surface area contributed by atoms with E-state index in [-0.39, 0.29) is 4.90 Å². The van der Waals surface area contributed by atoms with Crippen molar-refractivity contribution in [2.24, 2.45) is 7.05 Å². The average molecular weight is 217 g/mol. The zero-order chi connectivity index (χ0) is 10.8. The Bertz CT molecular complexity index is 408. The van der Waals surface area contributed by atoms with Crippen molar-refractivity contribution in [3.63, 3.8) is 0 Å². The summed E-state index contributed by atoms with van der Waals surface area (Å²) >= 11 is 0. The predicted octanol–water partition coefficient (Wildman–Crippen LogP) is 0.417. The van der Waals surface area contributed by atoms with Crippen molar-refractivity contribution in [1.29, 1.82) is 0 Å². The molecule has 6 heteroatoms. The van der Waals surface area contributed by atoms with Gasteiger partial charge in [-0.3, -0.25) is 4.68 Å². The minimum absolute atomic E-state index is 0.258. The summed E-state index contributed by atoms with van der Waals surface area (Å²) in [5.41, 5.74) is 0.524. The van der Waals surface area contributed by atoms with E-state index in [9.17, 15) is 8.42 Å². The molecule has 0 saturated heterocycles. The van der Waals surface area contributed by atoms with Crippen LogP contribution in [-0.4, -0.2) is 24.7 Å². The second-order valence-electron chi connectivity index (χ2n) is 3.15. The smallest absolute Gasteiger partial charge is 0.243 e. The van der Waals surface area contributed by atoms with Gasteiger partial charge < -0.3 is 0 Å². The Labute approximate surface area is 84.2 Å². The highest BCUT2D eigenvalue weighted by molar-refractivity contribution is 7.89. The average Bonchev–Trinajstić information content (AvgIpc) is 2.42. The maximum absolute atomic E-state index is 11.7. The molecule has 0 aliphatic heterocycles. The van der Waals surface area contributed by atoms with Crippen LogP contribution in [0.4, 0.5) is 0 Å². The summed E-state index contributed by atoms with van der Waals surface area (Å²) in [5.74, 6) is 0. The fraction of sp³-hybridized carbons (Fsp3) is 0.625. The van der Waals surface area contributed by atoms with Crippen molar-refractivity contribution < 1.29 is 8.42 Å². The lowest BCUT2D eigenvalue weighted by atomic mass is 10.5. The number of sulfonamides is 1. The minimum atomic E-state index is -3.37. The van der Waals surface area contributed by atoms with E-state index in [1.165, 1.54) is 10.9 Å². The Kier molecular flexibility index (Phi) is 3.28. The van der Waals surface area contributed by atoms with Crippen LogP contribution >= 0.6 is 0 Å². The van der Waals surface area contributed by atoms with Gasteiger partial charge in [0.2, 0.25) is 10.0 Å². The summed E-state index contributed by atoms with van der Waals surface area (Å²) in [6.07, 6.45) is 2.28. The highest BCUT2D eigenvalue weighted by Crippen LogP contribution is 2.11. The van der Waals surface area contributed by atoms with Crippen LogP contribution in [0, 0.1) is 6.92 Å². The molecule has 0 aliphatic rings. The lowest BCUT2D eigenvalue weighted by Crippen LogP contribution is -2.24. The molecule has 14 heavy (non-hydrogen) atoms. The molecule has 5 nitrogen and oxygen atoms in total. The van der Waals surface area contributed by atoms with Gasteiger partial charge in [0.15, 0.2) is 0 Å². The SMILES string of the molecule is CCCNS(=O)(=O)c1cn(C)nc1C. The highest BCUT2D eigenvalue weighted by atomic mass is 32.2. The Morgan fingerprint density at radius 3 is 2.64 bits per heavy atom. The first-order valence-electron chi connectivity index (χ1n) is 4.47. The lowest BCUT2D eigenvalue weighted by Gasteiger charge is -2.02. The van der Waals surface area contributed by atoms with Gasteiger partial charge in [0.05, 0.1) is 5.69 Å². The van der Waals surface area contributed by atoms with Crippen LogP contribution in [0.3, 0.4) is 0 Å². The summed E-state index contributed by atoms with van der Waals surface area (Å²) in [5, 5.41) is 3.98. The molecule has 0 radical (unpaired) electrons. The molecule has 1 rings (SSSR count). The van der Waals surface area contributed by atoms with Crippen molar-refractivity contribution in [1.82, 2.24) is 14.5 Å². The Morgan fingerprint density at radius 1 is 1.57 bits per heavy atom. The fourth-order valence-corrected chi connectivity index (χ4v) is 2.51. The van der Waals surface area contributed by atoms with Crippen LogP contribution in [0.5, 0.6) is 0 Å². The zero-order valence-corrected chi connectivity index (χ0v) is 9.43. The molecule has 0 aromatic carbocycles. The fourth-order valence-electron chi connectivity index (χ4n) is 1.16. The number of hydrogen-bond donors (Lipinski definition) is 1. The van der Waals surface area contributed by atoms with Gasteiger partial charge in [0, 0.05) is 19.8 Å². The normalized spacial score (nSPS) is 11.9. The van der Waals surface area contributed by atoms with Gasteiger partial charge in [-0.05, 0) is 13.3 Å². The van der Waals surface area contributed by atoms with Crippen molar-refractivity contribution >= 4 is 10.0 Å². The van der Waals surface area contributed by atoms with Crippen LogP contribution < -0.4 is 4.72 Å². The molecular weight excluding hydrogens is 202 g/mol. The monoisotopic (exact) mass is 217 g/mol. The molecule has 0 unspecified atom stereocenters. The second kappa shape index (κ2) is 4.10. The molecule has 0 spiro atoms. The molecule has 1 heterocycles. The number of aryl methyl sites for hydroxylation is 2. The second-order valence-corrected chi connectivity index (χ2v) is 4.89. The summed E-state index contributed by atoms with van der Waals surface area (Å²) < 4.78 is 27.3. The third-order valence-corrected chi connectivity index (χ3v) is 3.36. The minimum Gasteiger partial charge on any atom is -0.274 e. The van der Waals surface area contributed by atoms with E-state index in [2.05, 4.69) is 9.82 Å². The summed E-state index contributed by atoms with van der Waals surface area (Å²) in [6.45, 7) is 4.05. The van der Waals surface area contributed by atoms with Gasteiger partial charge in [0.25, 0.3) is 0 Å². The number of nitrogens with one attached hydrogen (secondary N) is 1. The summed E-state index contributed by atoms with van der Waals surface area (Å²) in [7, 11) is -1.67. The summed E-state index contributed by atoms with van der Waals surface area (Å²) in [6, 6.07) is 0. The van der Waals surface area contributed by atoms with E-state index in [4.69, 9.17) is 0 Å². The molecule has 0 fully saturated rings. The number of nitrogens with zero attached hydrogens (tertiary/aromatic N) is 2. The molecule has 1 N–H and O–H groups in total. The Morgan fingerprint density at radius 2 is 2.21 bits per heavy atom. The van der Waals surface area contributed by atoms with Crippen LogP contribution in [0.15, 0.2) is 11.1 Å². The number of rotatable bonds is 4. The van der Waals surface area contributed by atoms with Crippen molar-refractivity contribution in [2.75, 3.05) is 6.54 Å². The van der Waals surface area contributed by atoms with Crippen LogP contribution in [0.25, 0.3) is 0 Å². The van der Waals surface area contributed by atoms with Gasteiger partial charge in [0.1, 0.15) is 4.90 Å². The first-order valence-corrected chi connectivity index (χ1v) is 5.95. The standard InChI is InChI=1S/C8H15N3O2S/c1-4-5-9-14(12,13)8-6-11(3)10-7(8)2/h6,9H,4-5H2,1-3H3. The molecule has 0 aliphatic carbocycles. The molecule has 0 atom stereocenters. The third-order valence-electron chi connectivity index (χ3n) is 1.80. The van der Waals surface area contributed by atoms with E-state index in [1.807, 2.05) is 6.92 Å². The topological polar surface area (TPSA) is 64.0 Å². The number of hydrogen-bond acceptors (Lipinski definition) is 3. The van der Waals surface area contributed by atoms with Crippen LogP contribution in [0.1, 0.15) is 19.0 Å². The number of aromatic nitrogens is 2. The van der Waals surface area contributed by atoms with Crippen molar-refractivity contribution in [3.05, 3.63) is 11.9 Å². The quantitative estimate of drug-likeness (QED) is 0.794. The van der Waals surface area contributed by atoms with Gasteiger partial charge in [-0.15, -0.1) is 0 Å². The van der Waals surface area contributed by atoms with Gasteiger partial charge in [-0.2, -0.15) is 5.10 Å². The van der Waals surface area contributed by atoms with E-state index in [0.717, 1.165) is 6.42 Å². The Balaban J connectivity index is 2.98. The largest absolute Gasteiger partial charge is 0.274 e. The van der Waals surface area contributed by atoms with E-state index in [0.29, 0.717) is 12.2 Å². The Hall–Kier alpha value is -0.880. The molecule has 0 saturated carbocycles. The van der Waals surface area contributed by atoms with Crippen molar-refractivity contribution in [3.8, 4) is 0 Å². The maximum Gasteiger partial charge on any atom is 0.243 e. The van der Waals surface area contributed by atoms with Gasteiger partial charge >= 0.3 is 0 Å². The first kappa shape index (κ1) is 11.2. The van der Waals surface area contributed by atoms with Crippen LogP contribution in [-0.2, 0) is 17.1 Å². The predicted molar refractivity (Wildman–Crippen MR) is 53.4 cm³/mol. The molecule has 80 valence electrons. The van der Waals surface area contributed by atoms with Crippen LogP contribution in [0.2, 0.25) is 0 Å². The van der Waals surface area contributed by atoms with Gasteiger partial charge in [-0.25, -0.2) is 13.1 Å². The lowest BCUT2D eigenvalue weighted by molar-refractivity contribution is 0.580. The third kappa shape index (κ3) is 2.33. The summed E-state index contributed by atoms with van der Waals surface area (Å²) in [4.78, 5) is 0.258. The molecule has 1 aromatic rings. The van der Waals surface area contributed by atoms with Gasteiger partial charge in [-0.1, -0.05) is 6.92 Å². The van der Waals surface area contributed by atoms with E-state index < -0.39 is 10.0 Å². The molecule has 0 amide bonds. The molecule has 1 aromatic heterocycles. The molecule has 0 bridgehead atoms. The maximum atomic E-state index is 11.7.